The van der Waals surface area contributed by atoms with Crippen molar-refractivity contribution in [1.29, 1.82) is 0 Å². The lowest BCUT2D eigenvalue weighted by atomic mass is 10.2. The third-order valence-electron chi connectivity index (χ3n) is 3.69. The molecule has 0 atom stereocenters. The Labute approximate surface area is 159 Å². The summed E-state index contributed by atoms with van der Waals surface area (Å²) in [6, 6.07) is 5.69. The maximum atomic E-state index is 5.35. The van der Waals surface area contributed by atoms with E-state index < -0.39 is 0 Å². The lowest BCUT2D eigenvalue weighted by Gasteiger charge is -2.13. The van der Waals surface area contributed by atoms with Gasteiger partial charge in [-0.25, -0.2) is 4.98 Å². The SMILES string of the molecule is CCNC(=NCCc1csc(C(C)C)n1)Nc1ccc(OC)c(OC)c1. The molecule has 0 amide bonds. The molecule has 0 fully saturated rings. The van der Waals surface area contributed by atoms with Crippen molar-refractivity contribution in [2.45, 2.75) is 33.1 Å². The summed E-state index contributed by atoms with van der Waals surface area (Å²) in [6.45, 7) is 7.83. The van der Waals surface area contributed by atoms with Crippen molar-refractivity contribution in [2.75, 3.05) is 32.6 Å². The molecule has 0 unspecified atom stereocenters. The van der Waals surface area contributed by atoms with E-state index in [9.17, 15) is 0 Å². The number of anilines is 1. The third kappa shape index (κ3) is 5.62. The third-order valence-corrected chi connectivity index (χ3v) is 4.89. The highest BCUT2D eigenvalue weighted by atomic mass is 32.1. The van der Waals surface area contributed by atoms with Gasteiger partial charge in [-0.3, -0.25) is 4.99 Å². The minimum absolute atomic E-state index is 0.473. The van der Waals surface area contributed by atoms with Gasteiger partial charge in [0.05, 0.1) is 24.9 Å². The molecule has 0 aliphatic heterocycles. The van der Waals surface area contributed by atoms with Gasteiger partial charge in [-0.05, 0) is 19.1 Å². The van der Waals surface area contributed by atoms with Crippen molar-refractivity contribution < 1.29 is 9.47 Å². The molecule has 0 aliphatic carbocycles. The second kappa shape index (κ2) is 10.0. The number of methoxy groups -OCH3 is 2. The number of ether oxygens (including phenoxy) is 2. The van der Waals surface area contributed by atoms with Gasteiger partial charge in [-0.15, -0.1) is 11.3 Å². The predicted octanol–water partition coefficient (Wildman–Crippen LogP) is 3.90. The van der Waals surface area contributed by atoms with E-state index in [0.717, 1.165) is 30.3 Å². The summed E-state index contributed by atoms with van der Waals surface area (Å²) in [5, 5.41) is 9.86. The van der Waals surface area contributed by atoms with Crippen LogP contribution in [-0.2, 0) is 6.42 Å². The molecular formula is C19H28N4O2S. The largest absolute Gasteiger partial charge is 0.493 e. The van der Waals surface area contributed by atoms with Crippen LogP contribution in [0.15, 0.2) is 28.6 Å². The summed E-state index contributed by atoms with van der Waals surface area (Å²) in [4.78, 5) is 9.30. The number of hydrogen-bond acceptors (Lipinski definition) is 5. The fourth-order valence-corrected chi connectivity index (χ4v) is 3.21. The first-order chi connectivity index (χ1) is 12.6. The van der Waals surface area contributed by atoms with Crippen LogP contribution in [0.25, 0.3) is 0 Å². The lowest BCUT2D eigenvalue weighted by molar-refractivity contribution is 0.355. The van der Waals surface area contributed by atoms with E-state index in [-0.39, 0.29) is 0 Å². The van der Waals surface area contributed by atoms with Crippen LogP contribution in [0.2, 0.25) is 0 Å². The van der Waals surface area contributed by atoms with Gasteiger partial charge in [0.2, 0.25) is 0 Å². The van der Waals surface area contributed by atoms with E-state index >= 15 is 0 Å². The van der Waals surface area contributed by atoms with Crippen LogP contribution in [0, 0.1) is 0 Å². The molecule has 0 aliphatic rings. The summed E-state index contributed by atoms with van der Waals surface area (Å²) < 4.78 is 10.6. The van der Waals surface area contributed by atoms with Crippen LogP contribution >= 0.6 is 11.3 Å². The molecule has 0 bridgehead atoms. The molecule has 2 rings (SSSR count). The molecule has 2 N–H and O–H groups in total. The van der Waals surface area contributed by atoms with Gasteiger partial charge in [0.1, 0.15) is 0 Å². The zero-order chi connectivity index (χ0) is 18.9. The first-order valence-corrected chi connectivity index (χ1v) is 9.67. The highest BCUT2D eigenvalue weighted by molar-refractivity contribution is 7.09. The Hall–Kier alpha value is -2.28. The zero-order valence-electron chi connectivity index (χ0n) is 16.1. The maximum Gasteiger partial charge on any atom is 0.195 e. The number of benzene rings is 1. The van der Waals surface area contributed by atoms with Crippen molar-refractivity contribution in [3.8, 4) is 11.5 Å². The maximum absolute atomic E-state index is 5.35. The molecule has 0 radical (unpaired) electrons. The summed E-state index contributed by atoms with van der Waals surface area (Å²) in [6.07, 6.45) is 0.825. The van der Waals surface area contributed by atoms with Crippen molar-refractivity contribution in [1.82, 2.24) is 10.3 Å². The molecular weight excluding hydrogens is 348 g/mol. The summed E-state index contributed by atoms with van der Waals surface area (Å²) in [5.74, 6) is 2.59. The molecule has 6 nitrogen and oxygen atoms in total. The minimum Gasteiger partial charge on any atom is -0.493 e. The van der Waals surface area contributed by atoms with E-state index in [0.29, 0.717) is 24.0 Å². The Kier molecular flexibility index (Phi) is 7.72. The molecule has 0 spiro atoms. The van der Waals surface area contributed by atoms with Crippen LogP contribution in [0.5, 0.6) is 11.5 Å². The van der Waals surface area contributed by atoms with Gasteiger partial charge in [0, 0.05) is 42.6 Å². The molecule has 26 heavy (non-hydrogen) atoms. The molecule has 142 valence electrons. The zero-order valence-corrected chi connectivity index (χ0v) is 16.9. The average molecular weight is 377 g/mol. The number of aliphatic imine (C=N–C) groups is 1. The molecule has 0 saturated heterocycles. The minimum atomic E-state index is 0.473. The standard InChI is InChI=1S/C19H28N4O2S/c1-6-20-19(21-10-9-15-12-26-18(22-15)13(2)3)23-14-7-8-16(24-4)17(11-14)25-5/h7-8,11-13H,6,9-10H2,1-5H3,(H2,20,21,23). The van der Waals surface area contributed by atoms with E-state index in [1.165, 1.54) is 5.01 Å². The molecule has 1 aromatic heterocycles. The highest BCUT2D eigenvalue weighted by Crippen LogP contribution is 2.29. The van der Waals surface area contributed by atoms with E-state index in [1.54, 1.807) is 25.6 Å². The second-order valence-corrected chi connectivity index (χ2v) is 6.93. The molecule has 7 heteroatoms. The number of aromatic nitrogens is 1. The summed E-state index contributed by atoms with van der Waals surface area (Å²) >= 11 is 1.72. The number of rotatable bonds is 8. The van der Waals surface area contributed by atoms with Gasteiger partial charge < -0.3 is 20.1 Å². The Bertz CT molecular complexity index is 728. The van der Waals surface area contributed by atoms with E-state index in [2.05, 4.69) is 39.8 Å². The fourth-order valence-electron chi connectivity index (χ4n) is 2.34. The number of nitrogens with one attached hydrogen (secondary N) is 2. The highest BCUT2D eigenvalue weighted by Gasteiger charge is 2.07. The topological polar surface area (TPSA) is 67.8 Å². The van der Waals surface area contributed by atoms with Crippen molar-refractivity contribution in [2.24, 2.45) is 4.99 Å². The average Bonchev–Trinajstić information content (AvgIpc) is 3.11. The smallest absolute Gasteiger partial charge is 0.195 e. The van der Waals surface area contributed by atoms with Crippen LogP contribution in [-0.4, -0.2) is 38.3 Å². The van der Waals surface area contributed by atoms with Crippen molar-refractivity contribution in [3.05, 3.63) is 34.3 Å². The van der Waals surface area contributed by atoms with Gasteiger partial charge in [0.15, 0.2) is 17.5 Å². The quantitative estimate of drug-likeness (QED) is 0.540. The van der Waals surface area contributed by atoms with Gasteiger partial charge in [-0.2, -0.15) is 0 Å². The van der Waals surface area contributed by atoms with Crippen LogP contribution in [0.1, 0.15) is 37.4 Å². The Morgan fingerprint density at radius 2 is 2.00 bits per heavy atom. The second-order valence-electron chi connectivity index (χ2n) is 6.04. The van der Waals surface area contributed by atoms with Gasteiger partial charge >= 0.3 is 0 Å². The van der Waals surface area contributed by atoms with E-state index in [4.69, 9.17) is 9.47 Å². The number of guanidine groups is 1. The lowest BCUT2D eigenvalue weighted by Crippen LogP contribution is -2.30. The first kappa shape index (κ1) is 20.0. The van der Waals surface area contributed by atoms with Crippen LogP contribution in [0.3, 0.4) is 0 Å². The van der Waals surface area contributed by atoms with Crippen molar-refractivity contribution >= 4 is 23.0 Å². The fraction of sp³-hybridized carbons (Fsp3) is 0.474. The number of nitrogens with zero attached hydrogens (tertiary/aromatic N) is 2. The summed E-state index contributed by atoms with van der Waals surface area (Å²) in [7, 11) is 3.25. The Morgan fingerprint density at radius 3 is 2.62 bits per heavy atom. The van der Waals surface area contributed by atoms with Crippen molar-refractivity contribution in [3.63, 3.8) is 0 Å². The predicted molar refractivity (Wildman–Crippen MR) is 109 cm³/mol. The molecule has 2 aromatic rings. The van der Waals surface area contributed by atoms with Crippen LogP contribution in [0.4, 0.5) is 5.69 Å². The molecule has 1 heterocycles. The normalized spacial score (nSPS) is 11.5. The molecule has 0 saturated carbocycles. The summed E-state index contributed by atoms with van der Waals surface area (Å²) in [5.41, 5.74) is 1.99. The number of hydrogen-bond donors (Lipinski definition) is 2. The Balaban J connectivity index is 2.01. The monoisotopic (exact) mass is 376 g/mol. The van der Waals surface area contributed by atoms with Gasteiger partial charge in [-0.1, -0.05) is 13.8 Å². The first-order valence-electron chi connectivity index (χ1n) is 8.79. The number of thiazole rings is 1. The Morgan fingerprint density at radius 1 is 1.23 bits per heavy atom. The van der Waals surface area contributed by atoms with E-state index in [1.807, 2.05) is 25.1 Å². The van der Waals surface area contributed by atoms with Crippen LogP contribution < -0.4 is 20.1 Å². The molecule has 1 aromatic carbocycles. The van der Waals surface area contributed by atoms with Gasteiger partial charge in [0.25, 0.3) is 0 Å².